The van der Waals surface area contributed by atoms with E-state index in [0.29, 0.717) is 0 Å². The summed E-state index contributed by atoms with van der Waals surface area (Å²) in [6.45, 7) is 1.85. The highest BCUT2D eigenvalue weighted by Crippen LogP contribution is 2.26. The Hall–Kier alpha value is -0.530. The van der Waals surface area contributed by atoms with Gasteiger partial charge in [0.1, 0.15) is 0 Å². The molecule has 0 spiro atoms. The van der Waals surface area contributed by atoms with Gasteiger partial charge in [-0.3, -0.25) is 0 Å². The first-order valence-corrected chi connectivity index (χ1v) is 4.24. The van der Waals surface area contributed by atoms with Gasteiger partial charge in [-0.05, 0) is 11.1 Å². The van der Waals surface area contributed by atoms with Crippen LogP contribution in [0.2, 0.25) is 0 Å². The minimum atomic E-state index is 0.153. The smallest absolute Gasteiger partial charge is 0.0713 e. The van der Waals surface area contributed by atoms with Gasteiger partial charge in [0.2, 0.25) is 0 Å². The fourth-order valence-electron chi connectivity index (χ4n) is 1.44. The number of hydrogen-bond donors (Lipinski definition) is 1. The molecule has 1 aromatic rings. The number of halogens is 1. The van der Waals surface area contributed by atoms with Gasteiger partial charge in [-0.15, -0.1) is 11.6 Å². The van der Waals surface area contributed by atoms with Crippen LogP contribution in [0.3, 0.4) is 0 Å². The first kappa shape index (κ1) is 7.14. The van der Waals surface area contributed by atoms with Gasteiger partial charge in [0.05, 0.1) is 5.38 Å². The third-order valence-corrected chi connectivity index (χ3v) is 2.42. The summed E-state index contributed by atoms with van der Waals surface area (Å²) in [5.41, 5.74) is 2.62. The molecule has 1 aromatic carbocycles. The zero-order valence-electron chi connectivity index (χ0n) is 6.18. The van der Waals surface area contributed by atoms with Crippen LogP contribution in [-0.4, -0.2) is 6.54 Å². The van der Waals surface area contributed by atoms with E-state index < -0.39 is 0 Å². The predicted molar refractivity (Wildman–Crippen MR) is 46.7 cm³/mol. The molecule has 0 amide bonds. The second-order valence-corrected chi connectivity index (χ2v) is 3.32. The number of benzene rings is 1. The van der Waals surface area contributed by atoms with E-state index in [4.69, 9.17) is 11.6 Å². The van der Waals surface area contributed by atoms with E-state index in [1.54, 1.807) is 0 Å². The van der Waals surface area contributed by atoms with Gasteiger partial charge >= 0.3 is 0 Å². The van der Waals surface area contributed by atoms with Crippen molar-refractivity contribution in [1.29, 1.82) is 0 Å². The summed E-state index contributed by atoms with van der Waals surface area (Å²) in [6.07, 6.45) is 0. The Bertz CT molecular complexity index is 259. The normalized spacial score (nSPS) is 22.8. The van der Waals surface area contributed by atoms with Crippen molar-refractivity contribution in [3.8, 4) is 0 Å². The van der Waals surface area contributed by atoms with E-state index in [1.807, 2.05) is 6.07 Å². The molecule has 0 radical (unpaired) electrons. The van der Waals surface area contributed by atoms with E-state index in [0.717, 1.165) is 13.1 Å². The van der Waals surface area contributed by atoms with Crippen molar-refractivity contribution in [3.63, 3.8) is 0 Å². The lowest BCUT2D eigenvalue weighted by atomic mass is 10.0. The van der Waals surface area contributed by atoms with Crippen LogP contribution in [0.4, 0.5) is 0 Å². The van der Waals surface area contributed by atoms with Crippen LogP contribution in [0, 0.1) is 0 Å². The topological polar surface area (TPSA) is 12.0 Å². The summed E-state index contributed by atoms with van der Waals surface area (Å²) < 4.78 is 0. The molecule has 0 saturated carbocycles. The highest BCUT2D eigenvalue weighted by atomic mass is 35.5. The lowest BCUT2D eigenvalue weighted by Gasteiger charge is -2.21. The maximum absolute atomic E-state index is 6.08. The maximum atomic E-state index is 6.08. The molecule has 58 valence electrons. The van der Waals surface area contributed by atoms with Crippen molar-refractivity contribution < 1.29 is 0 Å². The third-order valence-electron chi connectivity index (χ3n) is 2.03. The fourth-order valence-corrected chi connectivity index (χ4v) is 1.77. The Morgan fingerprint density at radius 2 is 2.18 bits per heavy atom. The second-order valence-electron chi connectivity index (χ2n) is 2.80. The van der Waals surface area contributed by atoms with Gasteiger partial charge in [-0.1, -0.05) is 24.3 Å². The van der Waals surface area contributed by atoms with Gasteiger partial charge in [-0.25, -0.2) is 0 Å². The van der Waals surface area contributed by atoms with E-state index in [9.17, 15) is 0 Å². The van der Waals surface area contributed by atoms with Crippen molar-refractivity contribution in [2.45, 2.75) is 11.9 Å². The van der Waals surface area contributed by atoms with Crippen LogP contribution in [0.25, 0.3) is 0 Å². The van der Waals surface area contributed by atoms with Gasteiger partial charge in [-0.2, -0.15) is 0 Å². The van der Waals surface area contributed by atoms with E-state index in [1.165, 1.54) is 11.1 Å². The van der Waals surface area contributed by atoms with Crippen LogP contribution in [0.1, 0.15) is 16.5 Å². The molecule has 2 rings (SSSR count). The standard InChI is InChI=1S/C9H10ClN/c10-9-6-11-5-7-3-1-2-4-8(7)9/h1-4,9,11H,5-6H2. The largest absolute Gasteiger partial charge is 0.311 e. The van der Waals surface area contributed by atoms with Crippen LogP contribution in [0.15, 0.2) is 24.3 Å². The summed E-state index contributed by atoms with van der Waals surface area (Å²) in [4.78, 5) is 0. The number of rotatable bonds is 0. The van der Waals surface area contributed by atoms with Crippen molar-refractivity contribution in [3.05, 3.63) is 35.4 Å². The van der Waals surface area contributed by atoms with Crippen molar-refractivity contribution >= 4 is 11.6 Å². The Labute approximate surface area is 71.4 Å². The zero-order valence-corrected chi connectivity index (χ0v) is 6.93. The molecule has 1 nitrogen and oxygen atoms in total. The molecule has 0 aliphatic carbocycles. The summed E-state index contributed by atoms with van der Waals surface area (Å²) in [7, 11) is 0. The molecule has 1 aliphatic rings. The van der Waals surface area contributed by atoms with Gasteiger partial charge < -0.3 is 5.32 Å². The fraction of sp³-hybridized carbons (Fsp3) is 0.333. The summed E-state index contributed by atoms with van der Waals surface area (Å²) in [5, 5.41) is 3.41. The van der Waals surface area contributed by atoms with Crippen LogP contribution < -0.4 is 5.32 Å². The van der Waals surface area contributed by atoms with Crippen molar-refractivity contribution in [2.75, 3.05) is 6.54 Å². The van der Waals surface area contributed by atoms with Gasteiger partial charge in [0, 0.05) is 13.1 Å². The molecular formula is C9H10ClN. The monoisotopic (exact) mass is 167 g/mol. The van der Waals surface area contributed by atoms with Crippen LogP contribution in [-0.2, 0) is 6.54 Å². The first-order chi connectivity index (χ1) is 5.38. The van der Waals surface area contributed by atoms with Gasteiger partial charge in [0.25, 0.3) is 0 Å². The third kappa shape index (κ3) is 1.26. The van der Waals surface area contributed by atoms with Crippen LogP contribution in [0.5, 0.6) is 0 Å². The molecule has 0 bridgehead atoms. The Balaban J connectivity index is 2.44. The average molecular weight is 168 g/mol. The number of nitrogens with one attached hydrogen (secondary N) is 1. The first-order valence-electron chi connectivity index (χ1n) is 3.80. The number of hydrogen-bond acceptors (Lipinski definition) is 1. The quantitative estimate of drug-likeness (QED) is 0.584. The molecule has 0 aromatic heterocycles. The highest BCUT2D eigenvalue weighted by Gasteiger charge is 2.15. The highest BCUT2D eigenvalue weighted by molar-refractivity contribution is 6.21. The SMILES string of the molecule is ClC1CNCc2ccccc21. The molecule has 1 N–H and O–H groups in total. The average Bonchev–Trinajstić information content (AvgIpc) is 2.06. The lowest BCUT2D eigenvalue weighted by molar-refractivity contribution is 0.630. The lowest BCUT2D eigenvalue weighted by Crippen LogP contribution is -2.25. The molecule has 1 unspecified atom stereocenters. The molecule has 1 aliphatic heterocycles. The molecule has 1 atom stereocenters. The molecule has 0 fully saturated rings. The Morgan fingerprint density at radius 1 is 1.36 bits per heavy atom. The second kappa shape index (κ2) is 2.84. The molecule has 1 heterocycles. The number of fused-ring (bicyclic) bond motifs is 1. The minimum Gasteiger partial charge on any atom is -0.311 e. The maximum Gasteiger partial charge on any atom is 0.0713 e. The number of alkyl halides is 1. The molecule has 2 heteroatoms. The molecular weight excluding hydrogens is 158 g/mol. The van der Waals surface area contributed by atoms with Crippen molar-refractivity contribution in [2.24, 2.45) is 0 Å². The molecule has 11 heavy (non-hydrogen) atoms. The van der Waals surface area contributed by atoms with Gasteiger partial charge in [0.15, 0.2) is 0 Å². The van der Waals surface area contributed by atoms with E-state index in [2.05, 4.69) is 23.5 Å². The van der Waals surface area contributed by atoms with E-state index >= 15 is 0 Å². The minimum absolute atomic E-state index is 0.153. The summed E-state index contributed by atoms with van der Waals surface area (Å²) >= 11 is 6.08. The van der Waals surface area contributed by atoms with Crippen LogP contribution >= 0.6 is 11.6 Å². The summed E-state index contributed by atoms with van der Waals surface area (Å²) in [5.74, 6) is 0. The Kier molecular flexibility index (Phi) is 1.84. The zero-order chi connectivity index (χ0) is 7.68. The van der Waals surface area contributed by atoms with E-state index in [-0.39, 0.29) is 5.38 Å². The summed E-state index contributed by atoms with van der Waals surface area (Å²) in [6, 6.07) is 8.32. The van der Waals surface area contributed by atoms with Crippen molar-refractivity contribution in [1.82, 2.24) is 5.32 Å². The predicted octanol–water partition coefficient (Wildman–Crippen LogP) is 2.07. The molecule has 0 saturated heterocycles. The Morgan fingerprint density at radius 3 is 3.00 bits per heavy atom.